The highest BCUT2D eigenvalue weighted by atomic mass is 19.3. The van der Waals surface area contributed by atoms with Crippen LogP contribution in [0.1, 0.15) is 10.4 Å². The largest absolute Gasteiger partial charge is 0.493 e. The van der Waals surface area contributed by atoms with Crippen LogP contribution in [-0.4, -0.2) is 26.7 Å². The minimum Gasteiger partial charge on any atom is -0.493 e. The predicted molar refractivity (Wildman–Crippen MR) is 80.6 cm³/mol. The lowest BCUT2D eigenvalue weighted by Crippen LogP contribution is -2.14. The van der Waals surface area contributed by atoms with Gasteiger partial charge in [0.05, 0.1) is 19.9 Å². The Morgan fingerprint density at radius 2 is 1.70 bits per heavy atom. The van der Waals surface area contributed by atoms with Crippen molar-refractivity contribution >= 4 is 11.6 Å². The van der Waals surface area contributed by atoms with Crippen molar-refractivity contribution in [2.24, 2.45) is 0 Å². The van der Waals surface area contributed by atoms with Gasteiger partial charge in [-0.3, -0.25) is 4.79 Å². The highest BCUT2D eigenvalue weighted by Crippen LogP contribution is 2.29. The number of carbonyl (C=O) groups excluding carboxylic acids is 1. The highest BCUT2D eigenvalue weighted by Gasteiger charge is 2.14. The predicted octanol–water partition coefficient (Wildman–Crippen LogP) is 3.56. The van der Waals surface area contributed by atoms with Crippen molar-refractivity contribution in [3.8, 4) is 17.2 Å². The van der Waals surface area contributed by atoms with Crippen molar-refractivity contribution < 1.29 is 27.8 Å². The van der Waals surface area contributed by atoms with E-state index in [1.54, 1.807) is 12.1 Å². The van der Waals surface area contributed by atoms with E-state index in [2.05, 4.69) is 10.1 Å². The maximum atomic E-state index is 12.4. The van der Waals surface area contributed by atoms with Crippen LogP contribution in [0.4, 0.5) is 14.5 Å². The van der Waals surface area contributed by atoms with Crippen LogP contribution in [0.25, 0.3) is 0 Å². The number of nitrogens with one attached hydrogen (secondary N) is 1. The molecular weight excluding hydrogens is 308 g/mol. The molecule has 0 fully saturated rings. The third kappa shape index (κ3) is 4.09. The van der Waals surface area contributed by atoms with Gasteiger partial charge in [0.15, 0.2) is 11.5 Å². The lowest BCUT2D eigenvalue weighted by Gasteiger charge is -2.13. The van der Waals surface area contributed by atoms with Crippen LogP contribution in [0.2, 0.25) is 0 Å². The molecule has 0 bridgehead atoms. The van der Waals surface area contributed by atoms with Gasteiger partial charge in [0.25, 0.3) is 5.91 Å². The number of hydrogen-bond donors (Lipinski definition) is 1. The number of rotatable bonds is 6. The standard InChI is InChI=1S/C16H15F2NO4/c1-21-13-8-7-10(9-14(13)22-2)15(20)19-11-5-3-4-6-12(11)23-16(17)18/h3-9,16H,1-2H3,(H,19,20). The van der Waals surface area contributed by atoms with Gasteiger partial charge in [-0.2, -0.15) is 8.78 Å². The normalized spacial score (nSPS) is 10.3. The zero-order valence-electron chi connectivity index (χ0n) is 12.5. The molecule has 2 aromatic carbocycles. The molecule has 0 aliphatic heterocycles. The van der Waals surface area contributed by atoms with Crippen LogP contribution >= 0.6 is 0 Å². The summed E-state index contributed by atoms with van der Waals surface area (Å²) in [6.45, 7) is -2.98. The van der Waals surface area contributed by atoms with E-state index in [4.69, 9.17) is 9.47 Å². The first-order chi connectivity index (χ1) is 11.0. The first-order valence-electron chi connectivity index (χ1n) is 6.62. The second-order valence-corrected chi connectivity index (χ2v) is 4.40. The summed E-state index contributed by atoms with van der Waals surface area (Å²) in [5.74, 6) is 0.260. The molecule has 0 unspecified atom stereocenters. The lowest BCUT2D eigenvalue weighted by atomic mass is 10.1. The Bertz CT molecular complexity index is 692. The van der Waals surface area contributed by atoms with E-state index in [0.717, 1.165) is 0 Å². The zero-order chi connectivity index (χ0) is 16.8. The quantitative estimate of drug-likeness (QED) is 0.883. The summed E-state index contributed by atoms with van der Waals surface area (Å²) in [7, 11) is 2.93. The fourth-order valence-corrected chi connectivity index (χ4v) is 1.94. The first kappa shape index (κ1) is 16.5. The Balaban J connectivity index is 2.23. The number of amides is 1. The molecule has 2 aromatic rings. The van der Waals surface area contributed by atoms with Gasteiger partial charge in [-0.1, -0.05) is 12.1 Å². The molecule has 122 valence electrons. The SMILES string of the molecule is COc1ccc(C(=O)Nc2ccccc2OC(F)F)cc1OC. The first-order valence-corrected chi connectivity index (χ1v) is 6.62. The Labute approximate surface area is 131 Å². The van der Waals surface area contributed by atoms with Gasteiger partial charge >= 0.3 is 6.61 Å². The minimum absolute atomic E-state index is 0.115. The van der Waals surface area contributed by atoms with Crippen molar-refractivity contribution in [2.75, 3.05) is 19.5 Å². The van der Waals surface area contributed by atoms with Crippen molar-refractivity contribution in [3.63, 3.8) is 0 Å². The molecule has 0 atom stereocenters. The molecule has 1 amide bonds. The van der Waals surface area contributed by atoms with Crippen molar-refractivity contribution in [1.29, 1.82) is 0 Å². The molecule has 0 aliphatic rings. The number of ether oxygens (including phenoxy) is 3. The number of para-hydroxylation sites is 2. The van der Waals surface area contributed by atoms with Crippen LogP contribution in [0.15, 0.2) is 42.5 Å². The molecular formula is C16H15F2NO4. The number of alkyl halides is 2. The molecule has 0 saturated heterocycles. The number of anilines is 1. The van der Waals surface area contributed by atoms with Crippen LogP contribution in [0.3, 0.4) is 0 Å². The molecule has 0 radical (unpaired) electrons. The van der Waals surface area contributed by atoms with Crippen molar-refractivity contribution in [3.05, 3.63) is 48.0 Å². The number of benzene rings is 2. The lowest BCUT2D eigenvalue weighted by molar-refractivity contribution is -0.0493. The molecule has 0 aromatic heterocycles. The van der Waals surface area contributed by atoms with Crippen LogP contribution in [0, 0.1) is 0 Å². The summed E-state index contributed by atoms with van der Waals surface area (Å²) in [6, 6.07) is 10.5. The molecule has 1 N–H and O–H groups in total. The third-order valence-electron chi connectivity index (χ3n) is 3.00. The van der Waals surface area contributed by atoms with E-state index in [-0.39, 0.29) is 17.0 Å². The summed E-state index contributed by atoms with van der Waals surface area (Å²) in [6.07, 6.45) is 0. The number of methoxy groups -OCH3 is 2. The van der Waals surface area contributed by atoms with E-state index in [9.17, 15) is 13.6 Å². The second kappa shape index (κ2) is 7.44. The topological polar surface area (TPSA) is 56.8 Å². The van der Waals surface area contributed by atoms with E-state index < -0.39 is 12.5 Å². The summed E-state index contributed by atoms with van der Waals surface area (Å²) in [5, 5.41) is 2.53. The molecule has 23 heavy (non-hydrogen) atoms. The fraction of sp³-hybridized carbons (Fsp3) is 0.188. The Morgan fingerprint density at radius 1 is 1.00 bits per heavy atom. The van der Waals surface area contributed by atoms with E-state index >= 15 is 0 Å². The summed E-state index contributed by atoms with van der Waals surface area (Å²) in [4.78, 5) is 12.3. The average molecular weight is 323 g/mol. The summed E-state index contributed by atoms with van der Waals surface area (Å²) >= 11 is 0. The van der Waals surface area contributed by atoms with Gasteiger partial charge in [0, 0.05) is 5.56 Å². The number of halogens is 2. The van der Waals surface area contributed by atoms with Gasteiger partial charge in [0.2, 0.25) is 0 Å². The summed E-state index contributed by atoms with van der Waals surface area (Å²) < 4.78 is 39.3. The third-order valence-corrected chi connectivity index (χ3v) is 3.00. The smallest absolute Gasteiger partial charge is 0.387 e. The van der Waals surface area contributed by atoms with Gasteiger partial charge in [-0.25, -0.2) is 0 Å². The molecule has 5 nitrogen and oxygen atoms in total. The minimum atomic E-state index is -2.98. The van der Waals surface area contributed by atoms with Crippen molar-refractivity contribution in [1.82, 2.24) is 0 Å². The maximum absolute atomic E-state index is 12.4. The Morgan fingerprint density at radius 3 is 2.35 bits per heavy atom. The molecule has 2 rings (SSSR count). The monoisotopic (exact) mass is 323 g/mol. The van der Waals surface area contributed by atoms with Crippen LogP contribution in [-0.2, 0) is 0 Å². The number of carbonyl (C=O) groups is 1. The van der Waals surface area contributed by atoms with Crippen LogP contribution < -0.4 is 19.5 Å². The Kier molecular flexibility index (Phi) is 5.35. The van der Waals surface area contributed by atoms with E-state index in [1.807, 2.05) is 0 Å². The highest BCUT2D eigenvalue weighted by molar-refractivity contribution is 6.05. The van der Waals surface area contributed by atoms with E-state index in [0.29, 0.717) is 11.5 Å². The molecule has 0 aliphatic carbocycles. The second-order valence-electron chi connectivity index (χ2n) is 4.40. The average Bonchev–Trinajstić information content (AvgIpc) is 2.55. The van der Waals surface area contributed by atoms with E-state index in [1.165, 1.54) is 44.6 Å². The fourth-order valence-electron chi connectivity index (χ4n) is 1.94. The molecule has 0 heterocycles. The molecule has 0 spiro atoms. The summed E-state index contributed by atoms with van der Waals surface area (Å²) in [5.41, 5.74) is 0.432. The Hall–Kier alpha value is -2.83. The molecule has 0 saturated carbocycles. The van der Waals surface area contributed by atoms with Gasteiger partial charge in [-0.05, 0) is 30.3 Å². The van der Waals surface area contributed by atoms with Gasteiger partial charge < -0.3 is 19.5 Å². The van der Waals surface area contributed by atoms with Gasteiger partial charge in [0.1, 0.15) is 5.75 Å². The molecule has 7 heteroatoms. The number of hydrogen-bond acceptors (Lipinski definition) is 4. The zero-order valence-corrected chi connectivity index (χ0v) is 12.5. The van der Waals surface area contributed by atoms with Gasteiger partial charge in [-0.15, -0.1) is 0 Å². The van der Waals surface area contributed by atoms with Crippen molar-refractivity contribution in [2.45, 2.75) is 6.61 Å². The van der Waals surface area contributed by atoms with Crippen LogP contribution in [0.5, 0.6) is 17.2 Å². The maximum Gasteiger partial charge on any atom is 0.387 e.